The Morgan fingerprint density at radius 1 is 1.30 bits per heavy atom. The van der Waals surface area contributed by atoms with E-state index in [1.807, 2.05) is 6.92 Å². The summed E-state index contributed by atoms with van der Waals surface area (Å²) in [4.78, 5) is 20.8. The first-order chi connectivity index (χ1) is 13.0. The van der Waals surface area contributed by atoms with Crippen LogP contribution in [0.1, 0.15) is 22.3 Å². The monoisotopic (exact) mass is 393 g/mol. The Kier molecular flexibility index (Phi) is 8.00. The Morgan fingerprint density at radius 3 is 2.70 bits per heavy atom. The van der Waals surface area contributed by atoms with E-state index in [1.54, 1.807) is 37.7 Å². The van der Waals surface area contributed by atoms with Gasteiger partial charge >= 0.3 is 0 Å². The second-order valence-corrected chi connectivity index (χ2v) is 6.62. The predicted molar refractivity (Wildman–Crippen MR) is 105 cm³/mol. The van der Waals surface area contributed by atoms with Gasteiger partial charge in [-0.15, -0.1) is 11.3 Å². The van der Waals surface area contributed by atoms with Crippen molar-refractivity contribution in [3.05, 3.63) is 46.2 Å². The fraction of sp³-hybridized carbons (Fsp3) is 0.389. The molecule has 0 aliphatic carbocycles. The lowest BCUT2D eigenvalue weighted by Gasteiger charge is -2.18. The maximum absolute atomic E-state index is 13.6. The standard InChI is InChI=1S/C18H24FN5O2S/c1-12(26-15-7-5-4-6-14(15)19)10-23-18(20-3)22-9-8-21-17(25)16-13(2)24-11-27-16/h4-7,11-12H,8-10H2,1-3H3,(H,21,25)(H2,20,22,23). The van der Waals surface area contributed by atoms with E-state index in [1.165, 1.54) is 17.4 Å². The van der Waals surface area contributed by atoms with Crippen LogP contribution in [0.4, 0.5) is 4.39 Å². The summed E-state index contributed by atoms with van der Waals surface area (Å²) in [6.45, 7) is 5.04. The van der Waals surface area contributed by atoms with Crippen LogP contribution in [0.3, 0.4) is 0 Å². The molecule has 7 nitrogen and oxygen atoms in total. The average molecular weight is 393 g/mol. The Hall–Kier alpha value is -2.68. The summed E-state index contributed by atoms with van der Waals surface area (Å²) in [5.74, 6) is 0.267. The molecule has 1 unspecified atom stereocenters. The van der Waals surface area contributed by atoms with Gasteiger partial charge in [0.25, 0.3) is 5.91 Å². The van der Waals surface area contributed by atoms with E-state index >= 15 is 0 Å². The van der Waals surface area contributed by atoms with Gasteiger partial charge in [0.2, 0.25) is 0 Å². The minimum absolute atomic E-state index is 0.133. The summed E-state index contributed by atoms with van der Waals surface area (Å²) in [6.07, 6.45) is -0.255. The van der Waals surface area contributed by atoms with Gasteiger partial charge in [0, 0.05) is 20.1 Å². The SMILES string of the molecule is CN=C(NCCNC(=O)c1scnc1C)NCC(C)Oc1ccccc1F. The number of aryl methyl sites for hydroxylation is 1. The average Bonchev–Trinajstić information content (AvgIpc) is 3.09. The van der Waals surface area contributed by atoms with Gasteiger partial charge < -0.3 is 20.7 Å². The van der Waals surface area contributed by atoms with Gasteiger partial charge in [-0.3, -0.25) is 9.79 Å². The van der Waals surface area contributed by atoms with Crippen LogP contribution in [0.15, 0.2) is 34.8 Å². The van der Waals surface area contributed by atoms with Gasteiger partial charge in [-0.25, -0.2) is 9.37 Å². The number of aliphatic imine (C=N–C) groups is 1. The van der Waals surface area contributed by atoms with Crippen molar-refractivity contribution in [3.63, 3.8) is 0 Å². The number of halogens is 1. The zero-order valence-corrected chi connectivity index (χ0v) is 16.4. The molecule has 1 heterocycles. The highest BCUT2D eigenvalue weighted by molar-refractivity contribution is 7.11. The molecule has 2 rings (SSSR count). The highest BCUT2D eigenvalue weighted by Gasteiger charge is 2.11. The third-order valence-corrected chi connectivity index (χ3v) is 4.53. The molecule has 0 radical (unpaired) electrons. The number of rotatable bonds is 8. The molecule has 3 N–H and O–H groups in total. The van der Waals surface area contributed by atoms with Crippen LogP contribution in [0.2, 0.25) is 0 Å². The Bertz CT molecular complexity index is 781. The summed E-state index contributed by atoms with van der Waals surface area (Å²) in [7, 11) is 1.65. The van der Waals surface area contributed by atoms with Crippen LogP contribution in [0.25, 0.3) is 0 Å². The lowest BCUT2D eigenvalue weighted by atomic mass is 10.3. The summed E-state index contributed by atoms with van der Waals surface area (Å²) < 4.78 is 19.2. The number of thiazole rings is 1. The summed E-state index contributed by atoms with van der Waals surface area (Å²) in [5, 5.41) is 9.03. The topological polar surface area (TPSA) is 87.6 Å². The summed E-state index contributed by atoms with van der Waals surface area (Å²) in [6, 6.07) is 6.29. The number of nitrogens with zero attached hydrogens (tertiary/aromatic N) is 2. The molecule has 1 amide bonds. The van der Waals surface area contributed by atoms with Crippen molar-refractivity contribution >= 4 is 23.2 Å². The maximum atomic E-state index is 13.6. The molecule has 1 aromatic carbocycles. The van der Waals surface area contributed by atoms with E-state index in [0.717, 1.165) is 5.69 Å². The smallest absolute Gasteiger partial charge is 0.263 e. The van der Waals surface area contributed by atoms with Crippen LogP contribution >= 0.6 is 11.3 Å². The number of carbonyl (C=O) groups is 1. The van der Waals surface area contributed by atoms with Crippen molar-refractivity contribution in [3.8, 4) is 5.75 Å². The van der Waals surface area contributed by atoms with E-state index in [2.05, 4.69) is 25.9 Å². The van der Waals surface area contributed by atoms with Gasteiger partial charge in [-0.1, -0.05) is 12.1 Å². The van der Waals surface area contributed by atoms with Crippen molar-refractivity contribution < 1.29 is 13.9 Å². The number of guanidine groups is 1. The Morgan fingerprint density at radius 2 is 2.04 bits per heavy atom. The molecule has 9 heteroatoms. The van der Waals surface area contributed by atoms with E-state index in [9.17, 15) is 9.18 Å². The Labute approximate surface area is 162 Å². The molecule has 0 saturated heterocycles. The van der Waals surface area contributed by atoms with Crippen molar-refractivity contribution in [2.24, 2.45) is 4.99 Å². The number of para-hydroxylation sites is 1. The Balaban J connectivity index is 1.67. The normalized spacial score (nSPS) is 12.4. The fourth-order valence-corrected chi connectivity index (χ4v) is 2.94. The van der Waals surface area contributed by atoms with E-state index in [-0.39, 0.29) is 17.8 Å². The molecule has 0 aliphatic rings. The van der Waals surface area contributed by atoms with E-state index in [4.69, 9.17) is 4.74 Å². The van der Waals surface area contributed by atoms with Crippen LogP contribution in [-0.2, 0) is 0 Å². The highest BCUT2D eigenvalue weighted by Crippen LogP contribution is 2.16. The number of benzene rings is 1. The zero-order chi connectivity index (χ0) is 19.6. The molecule has 27 heavy (non-hydrogen) atoms. The van der Waals surface area contributed by atoms with E-state index < -0.39 is 5.82 Å². The highest BCUT2D eigenvalue weighted by atomic mass is 32.1. The number of ether oxygens (including phenoxy) is 1. The molecule has 0 spiro atoms. The minimum atomic E-state index is -0.390. The molecule has 1 aromatic heterocycles. The molecule has 0 fully saturated rings. The van der Waals surface area contributed by atoms with Crippen molar-refractivity contribution in [1.29, 1.82) is 0 Å². The van der Waals surface area contributed by atoms with Crippen LogP contribution < -0.4 is 20.7 Å². The minimum Gasteiger partial charge on any atom is -0.486 e. The lowest BCUT2D eigenvalue weighted by Crippen LogP contribution is -2.44. The summed E-state index contributed by atoms with van der Waals surface area (Å²) >= 11 is 1.32. The molecule has 2 aromatic rings. The van der Waals surface area contributed by atoms with Gasteiger partial charge in [-0.05, 0) is 26.0 Å². The van der Waals surface area contributed by atoms with Crippen molar-refractivity contribution in [2.75, 3.05) is 26.7 Å². The third-order valence-electron chi connectivity index (χ3n) is 3.60. The number of carbonyl (C=O) groups excluding carboxylic acids is 1. The number of hydrogen-bond donors (Lipinski definition) is 3. The van der Waals surface area contributed by atoms with Crippen LogP contribution in [0, 0.1) is 12.7 Å². The first-order valence-corrected chi connectivity index (χ1v) is 9.43. The molecule has 0 aliphatic heterocycles. The first kappa shape index (κ1) is 20.6. The molecule has 146 valence electrons. The largest absolute Gasteiger partial charge is 0.486 e. The molecular formula is C18H24FN5O2S. The molecule has 1 atom stereocenters. The van der Waals surface area contributed by atoms with Gasteiger partial charge in [0.05, 0.1) is 17.7 Å². The fourth-order valence-electron chi connectivity index (χ4n) is 2.22. The molecule has 0 saturated carbocycles. The zero-order valence-electron chi connectivity index (χ0n) is 15.6. The van der Waals surface area contributed by atoms with Gasteiger partial charge in [0.15, 0.2) is 17.5 Å². The van der Waals surface area contributed by atoms with Crippen molar-refractivity contribution in [1.82, 2.24) is 20.9 Å². The first-order valence-electron chi connectivity index (χ1n) is 8.55. The predicted octanol–water partition coefficient (Wildman–Crippen LogP) is 1.95. The lowest BCUT2D eigenvalue weighted by molar-refractivity contribution is 0.0957. The molecular weight excluding hydrogens is 369 g/mol. The van der Waals surface area contributed by atoms with Crippen LogP contribution in [-0.4, -0.2) is 49.6 Å². The summed E-state index contributed by atoms with van der Waals surface area (Å²) in [5.41, 5.74) is 2.38. The number of aromatic nitrogens is 1. The van der Waals surface area contributed by atoms with Crippen LogP contribution in [0.5, 0.6) is 5.75 Å². The van der Waals surface area contributed by atoms with Crippen molar-refractivity contribution in [2.45, 2.75) is 20.0 Å². The van der Waals surface area contributed by atoms with Gasteiger partial charge in [-0.2, -0.15) is 0 Å². The maximum Gasteiger partial charge on any atom is 0.263 e. The second-order valence-electron chi connectivity index (χ2n) is 5.76. The number of hydrogen-bond acceptors (Lipinski definition) is 5. The van der Waals surface area contributed by atoms with Gasteiger partial charge in [0.1, 0.15) is 11.0 Å². The number of nitrogens with one attached hydrogen (secondary N) is 3. The third kappa shape index (κ3) is 6.52. The molecule has 0 bridgehead atoms. The second kappa shape index (κ2) is 10.5. The number of amides is 1. The quantitative estimate of drug-likeness (QED) is 0.363. The van der Waals surface area contributed by atoms with E-state index in [0.29, 0.717) is 30.5 Å².